The second-order valence-corrected chi connectivity index (χ2v) is 7.06. The maximum Gasteiger partial charge on any atom is 0.265 e. The molecular weight excluding hydrogens is 276 g/mol. The smallest absolute Gasteiger partial charge is 0.265 e. The van der Waals surface area contributed by atoms with Crippen molar-refractivity contribution in [2.24, 2.45) is 0 Å². The number of likely N-dealkylation sites (tertiary alicyclic amines) is 1. The zero-order valence-corrected chi connectivity index (χ0v) is 14.9. The van der Waals surface area contributed by atoms with Gasteiger partial charge in [0, 0.05) is 31.4 Å². The predicted octanol–water partition coefficient (Wildman–Crippen LogP) is 2.07. The summed E-state index contributed by atoms with van der Waals surface area (Å²) < 4.78 is 0. The summed E-state index contributed by atoms with van der Waals surface area (Å²) in [5.74, 6) is -0.167. The van der Waals surface area contributed by atoms with Gasteiger partial charge in [-0.15, -0.1) is 0 Å². The van der Waals surface area contributed by atoms with E-state index in [1.165, 1.54) is 0 Å². The maximum atomic E-state index is 12.6. The molecular formula is C17H30N4O. The van der Waals surface area contributed by atoms with Crippen molar-refractivity contribution < 1.29 is 4.79 Å². The van der Waals surface area contributed by atoms with Crippen molar-refractivity contribution in [1.82, 2.24) is 14.7 Å². The van der Waals surface area contributed by atoms with Crippen LogP contribution in [0.1, 0.15) is 40.5 Å². The fraction of sp³-hybridized carbons (Fsp3) is 0.765. The third-order valence-corrected chi connectivity index (χ3v) is 4.39. The minimum Gasteiger partial charge on any atom is -0.372 e. The van der Waals surface area contributed by atoms with Crippen molar-refractivity contribution in [3.05, 3.63) is 11.8 Å². The molecule has 1 aliphatic heterocycles. The molecule has 0 N–H and O–H groups in total. The van der Waals surface area contributed by atoms with E-state index < -0.39 is 0 Å². The van der Waals surface area contributed by atoms with Crippen LogP contribution in [0.2, 0.25) is 0 Å². The fourth-order valence-electron chi connectivity index (χ4n) is 2.79. The molecule has 0 atom stereocenters. The van der Waals surface area contributed by atoms with Gasteiger partial charge in [-0.1, -0.05) is 0 Å². The van der Waals surface area contributed by atoms with Crippen molar-refractivity contribution in [2.75, 3.05) is 33.7 Å². The molecule has 0 spiro atoms. The van der Waals surface area contributed by atoms with E-state index in [4.69, 9.17) is 0 Å². The van der Waals surface area contributed by atoms with Crippen LogP contribution in [0.4, 0.5) is 0 Å². The van der Waals surface area contributed by atoms with E-state index in [9.17, 15) is 10.1 Å². The van der Waals surface area contributed by atoms with E-state index in [-0.39, 0.29) is 23.1 Å². The first-order chi connectivity index (χ1) is 10.2. The van der Waals surface area contributed by atoms with Gasteiger partial charge in [-0.3, -0.25) is 4.79 Å². The van der Waals surface area contributed by atoms with Gasteiger partial charge < -0.3 is 14.7 Å². The molecule has 1 amide bonds. The number of hydrogen-bond acceptors (Lipinski definition) is 4. The molecule has 0 aromatic heterocycles. The molecule has 0 radical (unpaired) electrons. The van der Waals surface area contributed by atoms with Gasteiger partial charge in [0.1, 0.15) is 11.6 Å². The summed E-state index contributed by atoms with van der Waals surface area (Å²) in [4.78, 5) is 18.7. The standard InChI is InChI=1S/C17H30N4O/c1-7-21(17(2,3)4)13-14(12-18)16(22)20(6)15-8-10-19(5)11-9-15/h13,15H,7-11H2,1-6H3/b14-13-. The van der Waals surface area contributed by atoms with Gasteiger partial charge in [0.2, 0.25) is 0 Å². The number of amides is 1. The maximum absolute atomic E-state index is 12.6. The summed E-state index contributed by atoms with van der Waals surface area (Å²) in [6, 6.07) is 2.31. The number of piperidine rings is 1. The largest absolute Gasteiger partial charge is 0.372 e. The Morgan fingerprint density at radius 3 is 2.32 bits per heavy atom. The molecule has 0 bridgehead atoms. The molecule has 1 aliphatic rings. The highest BCUT2D eigenvalue weighted by atomic mass is 16.2. The van der Waals surface area contributed by atoms with E-state index in [0.717, 1.165) is 32.5 Å². The van der Waals surface area contributed by atoms with Gasteiger partial charge >= 0.3 is 0 Å². The first kappa shape index (κ1) is 18.5. The van der Waals surface area contributed by atoms with E-state index in [0.29, 0.717) is 0 Å². The van der Waals surface area contributed by atoms with Crippen molar-refractivity contribution >= 4 is 5.91 Å². The lowest BCUT2D eigenvalue weighted by molar-refractivity contribution is -0.128. The third-order valence-electron chi connectivity index (χ3n) is 4.39. The highest BCUT2D eigenvalue weighted by Gasteiger charge is 2.27. The van der Waals surface area contributed by atoms with Crippen LogP contribution in [0.25, 0.3) is 0 Å². The Labute approximate surface area is 135 Å². The molecule has 22 heavy (non-hydrogen) atoms. The Morgan fingerprint density at radius 2 is 1.91 bits per heavy atom. The summed E-state index contributed by atoms with van der Waals surface area (Å²) in [6.45, 7) is 11.0. The lowest BCUT2D eigenvalue weighted by Gasteiger charge is -2.36. The average Bonchev–Trinajstić information content (AvgIpc) is 2.46. The van der Waals surface area contributed by atoms with Gasteiger partial charge in [-0.2, -0.15) is 5.26 Å². The Kier molecular flexibility index (Phi) is 6.43. The number of rotatable bonds is 4. The number of hydrogen-bond donors (Lipinski definition) is 0. The van der Waals surface area contributed by atoms with Crippen molar-refractivity contribution in [1.29, 1.82) is 5.26 Å². The normalized spacial score (nSPS) is 18.0. The van der Waals surface area contributed by atoms with E-state index in [1.807, 2.05) is 18.9 Å². The molecule has 0 saturated carbocycles. The van der Waals surface area contributed by atoms with Crippen LogP contribution < -0.4 is 0 Å². The zero-order chi connectivity index (χ0) is 16.9. The quantitative estimate of drug-likeness (QED) is 0.589. The zero-order valence-electron chi connectivity index (χ0n) is 14.9. The van der Waals surface area contributed by atoms with E-state index in [2.05, 4.69) is 38.8 Å². The predicted molar refractivity (Wildman–Crippen MR) is 89.1 cm³/mol. The SMILES string of the molecule is CCN(/C=C(/C#N)C(=O)N(C)C1CCN(C)CC1)C(C)(C)C. The molecule has 0 aliphatic carbocycles. The van der Waals surface area contributed by atoms with E-state index in [1.54, 1.807) is 11.1 Å². The first-order valence-electron chi connectivity index (χ1n) is 8.05. The number of carbonyl (C=O) groups excluding carboxylic acids is 1. The Bertz CT molecular complexity index is 450. The van der Waals surface area contributed by atoms with Gasteiger partial charge in [0.05, 0.1) is 0 Å². The van der Waals surface area contributed by atoms with Crippen LogP contribution in [0.3, 0.4) is 0 Å². The minimum atomic E-state index is -0.167. The van der Waals surface area contributed by atoms with Crippen molar-refractivity contribution in [3.8, 4) is 6.07 Å². The number of likely N-dealkylation sites (N-methyl/N-ethyl adjacent to an activating group) is 1. The summed E-state index contributed by atoms with van der Waals surface area (Å²) in [5, 5.41) is 9.40. The molecule has 124 valence electrons. The van der Waals surface area contributed by atoms with Crippen LogP contribution in [-0.2, 0) is 4.79 Å². The second kappa shape index (κ2) is 7.64. The third kappa shape index (κ3) is 4.74. The molecule has 5 nitrogen and oxygen atoms in total. The Hall–Kier alpha value is -1.54. The van der Waals surface area contributed by atoms with Crippen LogP contribution in [0, 0.1) is 11.3 Å². The monoisotopic (exact) mass is 306 g/mol. The molecule has 5 heteroatoms. The highest BCUT2D eigenvalue weighted by molar-refractivity contribution is 5.97. The molecule has 0 aromatic carbocycles. The topological polar surface area (TPSA) is 50.6 Å². The lowest BCUT2D eigenvalue weighted by Crippen LogP contribution is -2.45. The molecule has 0 unspecified atom stereocenters. The van der Waals surface area contributed by atoms with Crippen LogP contribution >= 0.6 is 0 Å². The number of nitrogens with zero attached hydrogens (tertiary/aromatic N) is 4. The molecule has 1 saturated heterocycles. The summed E-state index contributed by atoms with van der Waals surface area (Å²) in [6.07, 6.45) is 3.65. The second-order valence-electron chi connectivity index (χ2n) is 7.06. The van der Waals surface area contributed by atoms with Gasteiger partial charge in [0.25, 0.3) is 5.91 Å². The molecule has 0 aromatic rings. The fourth-order valence-corrected chi connectivity index (χ4v) is 2.79. The molecule has 1 fully saturated rings. The van der Waals surface area contributed by atoms with E-state index >= 15 is 0 Å². The summed E-state index contributed by atoms with van der Waals surface area (Å²) >= 11 is 0. The average molecular weight is 306 g/mol. The summed E-state index contributed by atoms with van der Waals surface area (Å²) in [5.41, 5.74) is 0.113. The Balaban J connectivity index is 2.86. The van der Waals surface area contributed by atoms with Crippen molar-refractivity contribution in [2.45, 2.75) is 52.1 Å². The lowest BCUT2D eigenvalue weighted by atomic mass is 10.0. The van der Waals surface area contributed by atoms with Gasteiger partial charge in [-0.05, 0) is 60.7 Å². The van der Waals surface area contributed by atoms with Crippen LogP contribution in [0.5, 0.6) is 0 Å². The summed E-state index contributed by atoms with van der Waals surface area (Å²) in [7, 11) is 3.91. The van der Waals surface area contributed by atoms with Crippen LogP contribution in [-0.4, -0.2) is 65.9 Å². The van der Waals surface area contributed by atoms with Crippen molar-refractivity contribution in [3.63, 3.8) is 0 Å². The molecule has 1 rings (SSSR count). The molecule has 1 heterocycles. The van der Waals surface area contributed by atoms with Crippen LogP contribution in [0.15, 0.2) is 11.8 Å². The van der Waals surface area contributed by atoms with Gasteiger partial charge in [0.15, 0.2) is 0 Å². The Morgan fingerprint density at radius 1 is 1.36 bits per heavy atom. The minimum absolute atomic E-state index is 0.108. The highest BCUT2D eigenvalue weighted by Crippen LogP contribution is 2.18. The number of carbonyl (C=O) groups is 1. The van der Waals surface area contributed by atoms with Gasteiger partial charge in [-0.25, -0.2) is 0 Å². The first-order valence-corrected chi connectivity index (χ1v) is 8.05. The number of nitriles is 1.